The van der Waals surface area contributed by atoms with Crippen molar-refractivity contribution in [2.75, 3.05) is 37.8 Å². The van der Waals surface area contributed by atoms with E-state index in [9.17, 15) is 14.0 Å². The Morgan fingerprint density at radius 3 is 2.26 bits per heavy atom. The molecule has 1 saturated heterocycles. The van der Waals surface area contributed by atoms with E-state index in [2.05, 4.69) is 14.8 Å². The highest BCUT2D eigenvalue weighted by Crippen LogP contribution is 2.31. The number of piperazine rings is 1. The van der Waals surface area contributed by atoms with Crippen molar-refractivity contribution in [1.82, 2.24) is 14.5 Å². The molecule has 0 atom stereocenters. The molecule has 176 valence electrons. The summed E-state index contributed by atoms with van der Waals surface area (Å²) >= 11 is 0. The second kappa shape index (κ2) is 8.56. The fraction of sp³-hybridized carbons (Fsp3) is 0.185. The van der Waals surface area contributed by atoms with Crippen molar-refractivity contribution in [2.45, 2.75) is 0 Å². The first-order valence-corrected chi connectivity index (χ1v) is 11.5. The van der Waals surface area contributed by atoms with E-state index in [0.29, 0.717) is 40.4 Å². The minimum Gasteiger partial charge on any atom is -0.433 e. The number of hydrogen-bond donors (Lipinski definition) is 1. The number of hydrogen-bond acceptors (Lipinski definition) is 5. The molecule has 8 heteroatoms. The third kappa shape index (κ3) is 3.72. The molecule has 3 heterocycles. The molecular weight excluding hydrogens is 447 g/mol. The van der Waals surface area contributed by atoms with Crippen LogP contribution in [0, 0.1) is 5.82 Å². The summed E-state index contributed by atoms with van der Waals surface area (Å²) in [6, 6.07) is 21.2. The van der Waals surface area contributed by atoms with E-state index in [0.717, 1.165) is 24.2 Å². The Labute approximate surface area is 199 Å². The lowest BCUT2D eigenvalue weighted by atomic mass is 10.1. The molecule has 1 aliphatic heterocycles. The van der Waals surface area contributed by atoms with Crippen LogP contribution in [0.3, 0.4) is 0 Å². The largest absolute Gasteiger partial charge is 0.433 e. The summed E-state index contributed by atoms with van der Waals surface area (Å²) < 4.78 is 20.5. The number of nitrogens with zero attached hydrogens (tertiary/aromatic N) is 3. The lowest BCUT2D eigenvalue weighted by molar-refractivity contribution is 0.0675. The van der Waals surface area contributed by atoms with E-state index in [1.807, 2.05) is 36.4 Å². The second-order valence-corrected chi connectivity index (χ2v) is 8.70. The van der Waals surface area contributed by atoms with E-state index >= 15 is 0 Å². The Hall–Kier alpha value is -4.17. The number of H-pyrrole nitrogens is 1. The van der Waals surface area contributed by atoms with Gasteiger partial charge in [0.25, 0.3) is 5.56 Å². The van der Waals surface area contributed by atoms with E-state index < -0.39 is 6.09 Å². The van der Waals surface area contributed by atoms with Crippen LogP contribution in [-0.4, -0.2) is 53.5 Å². The molecule has 5 aromatic rings. The van der Waals surface area contributed by atoms with Gasteiger partial charge >= 0.3 is 6.09 Å². The fourth-order valence-electron chi connectivity index (χ4n) is 4.88. The van der Waals surface area contributed by atoms with Crippen LogP contribution in [0.5, 0.6) is 0 Å². The molecule has 0 bridgehead atoms. The highest BCUT2D eigenvalue weighted by atomic mass is 19.1. The predicted molar refractivity (Wildman–Crippen MR) is 135 cm³/mol. The van der Waals surface area contributed by atoms with Crippen molar-refractivity contribution in [1.29, 1.82) is 0 Å². The van der Waals surface area contributed by atoms with Gasteiger partial charge in [-0.25, -0.2) is 13.8 Å². The molecule has 1 N–H and O–H groups in total. The molecule has 0 amide bonds. The second-order valence-electron chi connectivity index (χ2n) is 8.70. The van der Waals surface area contributed by atoms with Gasteiger partial charge in [0.15, 0.2) is 0 Å². The number of fused-ring (bicyclic) bond motifs is 5. The average Bonchev–Trinajstić information content (AvgIpc) is 3.23. The SMILES string of the molecule is O=C(OCN1CCN(c2ccc(F)cc2)CC1)n1c2ccccc2c2[nH]c(=O)c3ccccc3c21. The molecule has 0 unspecified atom stereocenters. The lowest BCUT2D eigenvalue weighted by Crippen LogP contribution is -2.47. The molecule has 6 rings (SSSR count). The standard InChI is InChI=1S/C27H23FN4O3/c28-18-9-11-19(12-10-18)31-15-13-30(14-16-31)17-35-27(34)32-23-8-4-3-7-22(23)24-25(32)20-5-1-2-6-21(20)26(33)29-24/h1-12H,13-17H2,(H,29,33). The number of halogens is 1. The van der Waals surface area contributed by atoms with Gasteiger partial charge in [0.2, 0.25) is 0 Å². The van der Waals surface area contributed by atoms with Gasteiger partial charge in [0.05, 0.1) is 16.6 Å². The van der Waals surface area contributed by atoms with Gasteiger partial charge in [-0.2, -0.15) is 0 Å². The van der Waals surface area contributed by atoms with Gasteiger partial charge < -0.3 is 14.6 Å². The zero-order valence-electron chi connectivity index (χ0n) is 18.9. The number of para-hydroxylation sites is 1. The number of nitrogens with one attached hydrogen (secondary N) is 1. The molecular formula is C27H23FN4O3. The summed E-state index contributed by atoms with van der Waals surface area (Å²) in [6.45, 7) is 3.10. The van der Waals surface area contributed by atoms with Gasteiger partial charge in [0.1, 0.15) is 12.5 Å². The number of aromatic nitrogens is 2. The van der Waals surface area contributed by atoms with Gasteiger partial charge in [-0.15, -0.1) is 0 Å². The molecule has 1 aliphatic rings. The number of aromatic amines is 1. The third-order valence-corrected chi connectivity index (χ3v) is 6.66. The minimum absolute atomic E-state index is 0.158. The highest BCUT2D eigenvalue weighted by molar-refractivity contribution is 6.18. The average molecular weight is 471 g/mol. The molecule has 1 fully saturated rings. The smallest absolute Gasteiger partial charge is 0.420 e. The summed E-state index contributed by atoms with van der Waals surface area (Å²) in [5.41, 5.74) is 2.72. The lowest BCUT2D eigenvalue weighted by Gasteiger charge is -2.35. The van der Waals surface area contributed by atoms with Crippen molar-refractivity contribution < 1.29 is 13.9 Å². The number of benzene rings is 3. The summed E-state index contributed by atoms with van der Waals surface area (Å²) in [4.78, 5) is 33.3. The molecule has 2 aromatic heterocycles. The summed E-state index contributed by atoms with van der Waals surface area (Å²) in [7, 11) is 0. The zero-order valence-corrected chi connectivity index (χ0v) is 18.9. The zero-order chi connectivity index (χ0) is 23.9. The van der Waals surface area contributed by atoms with E-state index in [4.69, 9.17) is 4.74 Å². The Balaban J connectivity index is 1.26. The minimum atomic E-state index is -0.491. The molecule has 7 nitrogen and oxygen atoms in total. The monoisotopic (exact) mass is 470 g/mol. The number of anilines is 1. The van der Waals surface area contributed by atoms with E-state index in [-0.39, 0.29) is 18.1 Å². The van der Waals surface area contributed by atoms with Gasteiger partial charge in [-0.1, -0.05) is 36.4 Å². The Kier molecular flexibility index (Phi) is 5.22. The van der Waals surface area contributed by atoms with Crippen LogP contribution in [0.1, 0.15) is 0 Å². The van der Waals surface area contributed by atoms with Crippen LogP contribution in [0.15, 0.2) is 77.6 Å². The molecule has 0 spiro atoms. The summed E-state index contributed by atoms with van der Waals surface area (Å²) in [5.74, 6) is -0.249. The first-order chi connectivity index (χ1) is 17.1. The van der Waals surface area contributed by atoms with Crippen LogP contribution in [0.25, 0.3) is 32.7 Å². The van der Waals surface area contributed by atoms with Crippen molar-refractivity contribution in [3.8, 4) is 0 Å². The maximum Gasteiger partial charge on any atom is 0.420 e. The van der Waals surface area contributed by atoms with Crippen LogP contribution in [0.2, 0.25) is 0 Å². The number of carbonyl (C=O) groups excluding carboxylic acids is 1. The Morgan fingerprint density at radius 2 is 1.51 bits per heavy atom. The first-order valence-electron chi connectivity index (χ1n) is 11.5. The Bertz CT molecular complexity index is 1620. The van der Waals surface area contributed by atoms with Gasteiger partial charge in [-0.05, 0) is 36.4 Å². The third-order valence-electron chi connectivity index (χ3n) is 6.66. The normalized spacial score (nSPS) is 14.7. The van der Waals surface area contributed by atoms with E-state index in [1.165, 1.54) is 12.1 Å². The molecule has 0 radical (unpaired) electrons. The van der Waals surface area contributed by atoms with Gasteiger partial charge in [0, 0.05) is 48.0 Å². The number of pyridine rings is 1. The molecule has 35 heavy (non-hydrogen) atoms. The molecule has 3 aromatic carbocycles. The Morgan fingerprint density at radius 1 is 0.857 bits per heavy atom. The van der Waals surface area contributed by atoms with E-state index in [1.54, 1.807) is 28.8 Å². The van der Waals surface area contributed by atoms with Crippen LogP contribution in [-0.2, 0) is 4.74 Å². The summed E-state index contributed by atoms with van der Waals surface area (Å²) in [5, 5.41) is 2.01. The molecule has 0 aliphatic carbocycles. The number of rotatable bonds is 3. The summed E-state index contributed by atoms with van der Waals surface area (Å²) in [6.07, 6.45) is -0.491. The highest BCUT2D eigenvalue weighted by Gasteiger charge is 2.23. The van der Waals surface area contributed by atoms with Crippen molar-refractivity contribution in [2.24, 2.45) is 0 Å². The quantitative estimate of drug-likeness (QED) is 0.419. The van der Waals surface area contributed by atoms with Crippen molar-refractivity contribution in [3.05, 3.63) is 89.0 Å². The van der Waals surface area contributed by atoms with Gasteiger partial charge in [-0.3, -0.25) is 9.69 Å². The number of carbonyl (C=O) groups is 1. The maximum atomic E-state index is 13.4. The van der Waals surface area contributed by atoms with Crippen molar-refractivity contribution >= 4 is 44.5 Å². The van der Waals surface area contributed by atoms with Crippen LogP contribution < -0.4 is 10.5 Å². The topological polar surface area (TPSA) is 70.6 Å². The number of ether oxygens (including phenoxy) is 1. The van der Waals surface area contributed by atoms with Crippen molar-refractivity contribution in [3.63, 3.8) is 0 Å². The first kappa shape index (κ1) is 21.4. The predicted octanol–water partition coefficient (Wildman–Crippen LogP) is 4.54. The fourth-order valence-corrected chi connectivity index (χ4v) is 4.88. The van der Waals surface area contributed by atoms with Crippen LogP contribution in [0.4, 0.5) is 14.9 Å². The van der Waals surface area contributed by atoms with Crippen LogP contribution >= 0.6 is 0 Å². The maximum absolute atomic E-state index is 13.4. The molecule has 0 saturated carbocycles.